The Morgan fingerprint density at radius 2 is 2.11 bits per heavy atom. The average molecular weight is 510 g/mol. The maximum atomic E-state index is 12.7. The van der Waals surface area contributed by atoms with Crippen molar-refractivity contribution in [2.45, 2.75) is 44.6 Å². The number of thiophene rings is 1. The number of amides is 1. The number of thioether (sulfide) groups is 1. The summed E-state index contributed by atoms with van der Waals surface area (Å²) in [5.74, 6) is 1.39. The Balaban J connectivity index is 1.32. The van der Waals surface area contributed by atoms with Gasteiger partial charge in [-0.15, -0.1) is 21.5 Å². The van der Waals surface area contributed by atoms with Crippen molar-refractivity contribution >= 4 is 56.3 Å². The summed E-state index contributed by atoms with van der Waals surface area (Å²) >= 11 is 2.99. The van der Waals surface area contributed by atoms with Crippen molar-refractivity contribution in [3.05, 3.63) is 41.0 Å². The first kappa shape index (κ1) is 22.3. The second-order valence-electron chi connectivity index (χ2n) is 8.82. The van der Waals surface area contributed by atoms with Gasteiger partial charge in [-0.1, -0.05) is 11.8 Å². The van der Waals surface area contributed by atoms with E-state index >= 15 is 0 Å². The van der Waals surface area contributed by atoms with E-state index in [1.165, 1.54) is 28.5 Å². The molecule has 0 fully saturated rings. The summed E-state index contributed by atoms with van der Waals surface area (Å²) in [6.07, 6.45) is 2.32. The molecule has 0 aliphatic carbocycles. The van der Waals surface area contributed by atoms with Gasteiger partial charge in [0, 0.05) is 17.0 Å². The van der Waals surface area contributed by atoms with Crippen LogP contribution in [0.1, 0.15) is 31.2 Å². The van der Waals surface area contributed by atoms with E-state index in [1.807, 2.05) is 35.6 Å². The summed E-state index contributed by atoms with van der Waals surface area (Å²) in [7, 11) is 0. The first-order valence-electron chi connectivity index (χ1n) is 11.2. The Morgan fingerprint density at radius 3 is 2.91 bits per heavy atom. The molecule has 5 heterocycles. The smallest absolute Gasteiger partial charge is 0.260 e. The molecule has 180 valence electrons. The molecular weight excluding hydrogens is 486 g/mol. The van der Waals surface area contributed by atoms with E-state index in [-0.39, 0.29) is 17.3 Å². The minimum Gasteiger partial charge on any atom is -0.494 e. The number of benzene rings is 1. The van der Waals surface area contributed by atoms with Crippen LogP contribution in [0.4, 0.5) is 5.69 Å². The zero-order valence-electron chi connectivity index (χ0n) is 19.4. The summed E-state index contributed by atoms with van der Waals surface area (Å²) in [5.41, 5.74) is 2.46. The van der Waals surface area contributed by atoms with Crippen LogP contribution in [0.5, 0.6) is 5.75 Å². The fourth-order valence-electron chi connectivity index (χ4n) is 4.28. The number of carbonyl (C=O) groups is 1. The Bertz CT molecular complexity index is 1570. The van der Waals surface area contributed by atoms with Crippen LogP contribution in [0.15, 0.2) is 35.7 Å². The molecule has 0 saturated heterocycles. The van der Waals surface area contributed by atoms with Crippen LogP contribution < -0.4 is 10.1 Å². The highest BCUT2D eigenvalue weighted by atomic mass is 32.2. The third-order valence-corrected chi connectivity index (χ3v) is 7.95. The molecule has 1 amide bonds. The topological polar surface area (TPSA) is 108 Å². The lowest BCUT2D eigenvalue weighted by atomic mass is 9.94. The quantitative estimate of drug-likeness (QED) is 0.343. The predicted molar refractivity (Wildman–Crippen MR) is 134 cm³/mol. The van der Waals surface area contributed by atoms with Crippen molar-refractivity contribution < 1.29 is 14.3 Å². The Hall–Kier alpha value is -3.22. The van der Waals surface area contributed by atoms with E-state index < -0.39 is 0 Å². The molecule has 1 N–H and O–H groups in total. The highest BCUT2D eigenvalue weighted by Gasteiger charge is 2.32. The average Bonchev–Trinajstić information content (AvgIpc) is 3.54. The van der Waals surface area contributed by atoms with Gasteiger partial charge < -0.3 is 14.8 Å². The summed E-state index contributed by atoms with van der Waals surface area (Å²) in [4.78, 5) is 19.4. The molecule has 5 aromatic rings. The van der Waals surface area contributed by atoms with Gasteiger partial charge in [0.25, 0.3) is 5.78 Å². The van der Waals surface area contributed by atoms with E-state index in [2.05, 4.69) is 39.4 Å². The third kappa shape index (κ3) is 3.91. The number of aromatic nitrogens is 6. The minimum absolute atomic E-state index is 0.130. The Kier molecular flexibility index (Phi) is 5.38. The van der Waals surface area contributed by atoms with E-state index in [9.17, 15) is 4.79 Å². The van der Waals surface area contributed by atoms with Crippen LogP contribution in [0, 0.1) is 0 Å². The monoisotopic (exact) mass is 509 g/mol. The minimum atomic E-state index is -0.253. The van der Waals surface area contributed by atoms with Crippen LogP contribution in [0.3, 0.4) is 0 Å². The van der Waals surface area contributed by atoms with E-state index in [0.717, 1.165) is 28.0 Å². The highest BCUT2D eigenvalue weighted by molar-refractivity contribution is 7.99. The van der Waals surface area contributed by atoms with Crippen LogP contribution >= 0.6 is 23.1 Å². The predicted octanol–water partition coefficient (Wildman–Crippen LogP) is 3.97. The number of hydrogen-bond donors (Lipinski definition) is 1. The summed E-state index contributed by atoms with van der Waals surface area (Å²) in [6.45, 7) is 7.28. The SMILES string of the molecule is CCOc1ccc(NC(=O)CSc2nnc3n4ncnc4c4c5c(sc4n23)COC(C)(C)C5)cc1. The maximum absolute atomic E-state index is 12.7. The number of carbonyl (C=O) groups excluding carboxylic acids is 1. The first-order valence-corrected chi connectivity index (χ1v) is 13.0. The van der Waals surface area contributed by atoms with Gasteiger partial charge in [0.15, 0.2) is 10.8 Å². The molecule has 4 aromatic heterocycles. The number of rotatable bonds is 6. The molecule has 0 bridgehead atoms. The van der Waals surface area contributed by atoms with Gasteiger partial charge in [0.05, 0.1) is 30.0 Å². The number of hydrogen-bond acceptors (Lipinski definition) is 9. The van der Waals surface area contributed by atoms with Crippen LogP contribution in [-0.4, -0.2) is 53.1 Å². The van der Waals surface area contributed by atoms with Crippen LogP contribution in [0.25, 0.3) is 21.6 Å². The largest absolute Gasteiger partial charge is 0.494 e. The molecule has 0 radical (unpaired) electrons. The second-order valence-corrected chi connectivity index (χ2v) is 10.8. The molecule has 12 heteroatoms. The molecule has 35 heavy (non-hydrogen) atoms. The van der Waals surface area contributed by atoms with Gasteiger partial charge in [-0.2, -0.15) is 9.61 Å². The van der Waals surface area contributed by atoms with E-state index in [4.69, 9.17) is 9.47 Å². The fraction of sp³-hybridized carbons (Fsp3) is 0.348. The molecule has 1 aliphatic heterocycles. The van der Waals surface area contributed by atoms with Gasteiger partial charge in [0.2, 0.25) is 5.91 Å². The lowest BCUT2D eigenvalue weighted by Crippen LogP contribution is -2.31. The standard InChI is InChI=1S/C23H23N7O3S2/c1-4-32-14-7-5-13(6-8-14)26-17(31)11-34-22-28-27-21-29(22)20-18(19-24-12-25-30(19)21)15-9-23(2,3)33-10-16(15)35-20/h5-8,12H,4,9-11H2,1-3H3,(H,26,31). The lowest BCUT2D eigenvalue weighted by molar-refractivity contribution is -0.113. The summed E-state index contributed by atoms with van der Waals surface area (Å²) in [6, 6.07) is 7.32. The van der Waals surface area contributed by atoms with Gasteiger partial charge in [-0.25, -0.2) is 9.38 Å². The molecule has 6 rings (SSSR count). The van der Waals surface area contributed by atoms with Gasteiger partial charge in [-0.3, -0.25) is 4.79 Å². The van der Waals surface area contributed by atoms with Gasteiger partial charge in [0.1, 0.15) is 16.9 Å². The van der Waals surface area contributed by atoms with Crippen molar-refractivity contribution in [1.82, 2.24) is 29.2 Å². The van der Waals surface area contributed by atoms with Crippen molar-refractivity contribution in [1.29, 1.82) is 0 Å². The zero-order chi connectivity index (χ0) is 24.2. The molecule has 1 aliphatic rings. The summed E-state index contributed by atoms with van der Waals surface area (Å²) < 4.78 is 15.2. The molecule has 0 saturated carbocycles. The van der Waals surface area contributed by atoms with E-state index in [1.54, 1.807) is 15.9 Å². The van der Waals surface area contributed by atoms with Gasteiger partial charge >= 0.3 is 0 Å². The normalized spacial score (nSPS) is 15.1. The Labute approximate surface area is 208 Å². The second kappa shape index (κ2) is 8.47. The van der Waals surface area contributed by atoms with Crippen LogP contribution in [0.2, 0.25) is 0 Å². The number of fused-ring (bicyclic) bond motifs is 8. The van der Waals surface area contributed by atoms with Crippen LogP contribution in [-0.2, 0) is 22.6 Å². The molecule has 0 spiro atoms. The molecular formula is C23H23N7O3S2. The Morgan fingerprint density at radius 1 is 1.29 bits per heavy atom. The lowest BCUT2D eigenvalue weighted by Gasteiger charge is -2.30. The molecule has 1 aromatic carbocycles. The fourth-order valence-corrected chi connectivity index (χ4v) is 6.30. The van der Waals surface area contributed by atoms with Crippen molar-refractivity contribution in [3.8, 4) is 5.75 Å². The van der Waals surface area contributed by atoms with Crippen molar-refractivity contribution in [2.75, 3.05) is 17.7 Å². The first-order chi connectivity index (χ1) is 16.9. The summed E-state index contributed by atoms with van der Waals surface area (Å²) in [5, 5.41) is 17.8. The molecule has 10 nitrogen and oxygen atoms in total. The number of nitrogens with zero attached hydrogens (tertiary/aromatic N) is 6. The number of anilines is 1. The number of nitrogens with one attached hydrogen (secondary N) is 1. The van der Waals surface area contributed by atoms with E-state index in [0.29, 0.717) is 29.8 Å². The zero-order valence-corrected chi connectivity index (χ0v) is 21.1. The van der Waals surface area contributed by atoms with Crippen molar-refractivity contribution in [2.24, 2.45) is 0 Å². The molecule has 0 unspecified atom stereocenters. The highest BCUT2D eigenvalue weighted by Crippen LogP contribution is 2.41. The number of ether oxygens (including phenoxy) is 2. The van der Waals surface area contributed by atoms with Gasteiger partial charge in [-0.05, 0) is 50.6 Å². The maximum Gasteiger partial charge on any atom is 0.260 e. The van der Waals surface area contributed by atoms with Crippen molar-refractivity contribution in [3.63, 3.8) is 0 Å². The third-order valence-electron chi connectivity index (χ3n) is 5.83. The molecule has 0 atom stereocenters.